The summed E-state index contributed by atoms with van der Waals surface area (Å²) < 4.78 is 17.0. The Morgan fingerprint density at radius 3 is 2.49 bits per heavy atom. The fourth-order valence-corrected chi connectivity index (χ4v) is 5.75. The van der Waals surface area contributed by atoms with E-state index in [-0.39, 0.29) is 34.4 Å². The van der Waals surface area contributed by atoms with Gasteiger partial charge in [-0.1, -0.05) is 12.1 Å². The van der Waals surface area contributed by atoms with Crippen molar-refractivity contribution in [3.63, 3.8) is 0 Å². The van der Waals surface area contributed by atoms with Crippen LogP contribution in [-0.4, -0.2) is 86.7 Å². The van der Waals surface area contributed by atoms with Gasteiger partial charge in [-0.05, 0) is 13.0 Å². The average Bonchev–Trinajstić information content (AvgIpc) is 2.90. The SMILES string of the molecule is COc1cccc2c1C(=O)c1c(O)c3c(c(O)c1C2=O)CC(O)(C(=O)CO)C[C@@H]3O[C@H]1C[C@H](N)[C@H](O)[C@H](C)O1. The number of rotatable bonds is 5. The van der Waals surface area contributed by atoms with Gasteiger partial charge < -0.3 is 45.5 Å². The summed E-state index contributed by atoms with van der Waals surface area (Å²) in [5.74, 6) is -3.77. The van der Waals surface area contributed by atoms with Crippen LogP contribution in [0.2, 0.25) is 0 Å². The highest BCUT2D eigenvalue weighted by molar-refractivity contribution is 6.31. The van der Waals surface area contributed by atoms with Gasteiger partial charge in [0.1, 0.15) is 29.5 Å². The van der Waals surface area contributed by atoms with E-state index in [4.69, 9.17) is 19.9 Å². The number of hydrogen-bond donors (Lipinski definition) is 6. The van der Waals surface area contributed by atoms with Crippen molar-refractivity contribution in [2.75, 3.05) is 13.7 Å². The van der Waals surface area contributed by atoms with Crippen molar-refractivity contribution < 1.29 is 54.1 Å². The first-order chi connectivity index (χ1) is 18.4. The predicted octanol–water partition coefficient (Wildman–Crippen LogP) is 0.00130. The Hall–Kier alpha value is -3.39. The number of benzene rings is 2. The zero-order valence-electron chi connectivity index (χ0n) is 21.2. The van der Waals surface area contributed by atoms with Crippen molar-refractivity contribution in [1.82, 2.24) is 0 Å². The zero-order chi connectivity index (χ0) is 28.4. The molecule has 2 aromatic rings. The minimum Gasteiger partial charge on any atom is -0.507 e. The van der Waals surface area contributed by atoms with Crippen LogP contribution in [0.3, 0.4) is 0 Å². The van der Waals surface area contributed by atoms with Gasteiger partial charge in [-0.15, -0.1) is 0 Å². The maximum Gasteiger partial charge on any atom is 0.202 e. The van der Waals surface area contributed by atoms with Crippen LogP contribution in [0.25, 0.3) is 0 Å². The van der Waals surface area contributed by atoms with Crippen molar-refractivity contribution in [2.24, 2.45) is 5.73 Å². The first-order valence-corrected chi connectivity index (χ1v) is 12.4. The Labute approximate surface area is 222 Å². The third-order valence-electron chi connectivity index (χ3n) is 7.81. The Morgan fingerprint density at radius 1 is 1.15 bits per heavy atom. The molecule has 0 saturated carbocycles. The van der Waals surface area contributed by atoms with Crippen LogP contribution in [0.5, 0.6) is 17.2 Å². The number of ether oxygens (including phenoxy) is 3. The zero-order valence-corrected chi connectivity index (χ0v) is 21.2. The van der Waals surface area contributed by atoms with Gasteiger partial charge in [0.25, 0.3) is 0 Å². The molecule has 1 fully saturated rings. The summed E-state index contributed by atoms with van der Waals surface area (Å²) in [7, 11) is 1.32. The van der Waals surface area contributed by atoms with Crippen LogP contribution in [0.15, 0.2) is 18.2 Å². The standard InChI is InChI=1S/C27H29NO11/c1-10-22(31)13(28)6-17(38-10)39-15-8-27(36,16(30)9-29)7-12-19(15)26(35)21-20(24(12)33)23(32)11-4-3-5-14(37-2)18(11)25(21)34/h3-5,10,13,15,17,22,29,31,33,35-36H,6-9,28H2,1-2H3/t10-,13-,15-,17-,22+,27?/m0/s1. The van der Waals surface area contributed by atoms with Gasteiger partial charge >= 0.3 is 0 Å². The highest BCUT2D eigenvalue weighted by Crippen LogP contribution is 2.52. The molecule has 39 heavy (non-hydrogen) atoms. The molecule has 0 aromatic heterocycles. The summed E-state index contributed by atoms with van der Waals surface area (Å²) in [6.07, 6.45) is -5.12. The number of nitrogens with two attached hydrogens (primary N) is 1. The van der Waals surface area contributed by atoms with E-state index < -0.39 is 95.7 Å². The first-order valence-electron chi connectivity index (χ1n) is 12.4. The molecular formula is C27H29NO11. The van der Waals surface area contributed by atoms with Crippen molar-refractivity contribution in [2.45, 2.75) is 62.4 Å². The van der Waals surface area contributed by atoms with Crippen LogP contribution in [-0.2, 0) is 20.7 Å². The second-order valence-electron chi connectivity index (χ2n) is 10.2. The lowest BCUT2D eigenvalue weighted by atomic mass is 9.72. The van der Waals surface area contributed by atoms with Crippen LogP contribution < -0.4 is 10.5 Å². The lowest BCUT2D eigenvalue weighted by molar-refractivity contribution is -0.247. The lowest BCUT2D eigenvalue weighted by Gasteiger charge is -2.42. The topological polar surface area (TPSA) is 206 Å². The number of aliphatic hydroxyl groups excluding tert-OH is 2. The van der Waals surface area contributed by atoms with Crippen LogP contribution >= 0.6 is 0 Å². The summed E-state index contributed by atoms with van der Waals surface area (Å²) >= 11 is 0. The third-order valence-corrected chi connectivity index (χ3v) is 7.81. The van der Waals surface area contributed by atoms with Crippen molar-refractivity contribution >= 4 is 17.3 Å². The molecular weight excluding hydrogens is 514 g/mol. The monoisotopic (exact) mass is 543 g/mol. The van der Waals surface area contributed by atoms with Gasteiger partial charge in [0.05, 0.1) is 42.1 Å². The number of Topliss-reactive ketones (excluding diaryl/α,β-unsaturated/α-hetero) is 1. The average molecular weight is 544 g/mol. The fraction of sp³-hybridized carbons (Fsp3) is 0.444. The van der Waals surface area contributed by atoms with E-state index in [1.54, 1.807) is 6.92 Å². The minimum absolute atomic E-state index is 0.0173. The molecule has 3 aliphatic rings. The molecule has 1 heterocycles. The van der Waals surface area contributed by atoms with E-state index in [1.165, 1.54) is 25.3 Å². The molecule has 5 rings (SSSR count). The Balaban J connectivity index is 1.69. The number of carbonyl (C=O) groups is 3. The van der Waals surface area contributed by atoms with E-state index in [0.29, 0.717) is 0 Å². The fourth-order valence-electron chi connectivity index (χ4n) is 5.75. The molecule has 1 saturated heterocycles. The molecule has 1 aliphatic heterocycles. The molecule has 2 aliphatic carbocycles. The van der Waals surface area contributed by atoms with Crippen molar-refractivity contribution in [1.29, 1.82) is 0 Å². The van der Waals surface area contributed by atoms with E-state index in [0.717, 1.165) is 0 Å². The van der Waals surface area contributed by atoms with Gasteiger partial charge in [0.2, 0.25) is 5.78 Å². The second kappa shape index (κ2) is 9.66. The Bertz CT molecular complexity index is 1380. The smallest absolute Gasteiger partial charge is 0.202 e. The number of aliphatic hydroxyl groups is 3. The lowest BCUT2D eigenvalue weighted by Crippen LogP contribution is -2.53. The van der Waals surface area contributed by atoms with Gasteiger partial charge in [-0.25, -0.2) is 0 Å². The second-order valence-corrected chi connectivity index (χ2v) is 10.2. The van der Waals surface area contributed by atoms with Crippen molar-refractivity contribution in [3.8, 4) is 17.2 Å². The van der Waals surface area contributed by atoms with E-state index in [9.17, 15) is 39.9 Å². The quantitative estimate of drug-likeness (QED) is 0.235. The summed E-state index contributed by atoms with van der Waals surface area (Å²) in [5.41, 5.74) is 2.37. The van der Waals surface area contributed by atoms with Gasteiger partial charge in [0, 0.05) is 42.0 Å². The van der Waals surface area contributed by atoms with Crippen LogP contribution in [0.4, 0.5) is 0 Å². The molecule has 6 atom stereocenters. The molecule has 208 valence electrons. The third kappa shape index (κ3) is 4.11. The molecule has 0 amide bonds. The van der Waals surface area contributed by atoms with Gasteiger partial charge in [-0.3, -0.25) is 14.4 Å². The molecule has 1 unspecified atom stereocenters. The summed E-state index contributed by atoms with van der Waals surface area (Å²) in [4.78, 5) is 39.7. The highest BCUT2D eigenvalue weighted by Gasteiger charge is 2.50. The van der Waals surface area contributed by atoms with E-state index in [1.807, 2.05) is 0 Å². The number of phenols is 2. The normalized spacial score (nSPS) is 29.8. The molecule has 0 spiro atoms. The van der Waals surface area contributed by atoms with E-state index >= 15 is 0 Å². The summed E-state index contributed by atoms with van der Waals surface area (Å²) in [6, 6.07) is 3.64. The van der Waals surface area contributed by atoms with Gasteiger partial charge in [-0.2, -0.15) is 0 Å². The maximum absolute atomic E-state index is 13.6. The Morgan fingerprint density at radius 2 is 1.85 bits per heavy atom. The number of hydrogen-bond acceptors (Lipinski definition) is 12. The van der Waals surface area contributed by atoms with E-state index in [2.05, 4.69) is 0 Å². The maximum atomic E-state index is 13.6. The highest BCUT2D eigenvalue weighted by atomic mass is 16.7. The largest absolute Gasteiger partial charge is 0.507 e. The Kier molecular flexibility index (Phi) is 6.74. The molecule has 0 radical (unpaired) electrons. The number of carbonyl (C=O) groups excluding carboxylic acids is 3. The van der Waals surface area contributed by atoms with Crippen LogP contribution in [0, 0.1) is 0 Å². The number of phenolic OH excluding ortho intramolecular Hbond substituents is 2. The first kappa shape index (κ1) is 27.2. The van der Waals surface area contributed by atoms with Crippen LogP contribution in [0.1, 0.15) is 68.8 Å². The number of ketones is 3. The molecule has 12 nitrogen and oxygen atoms in total. The molecule has 0 bridgehead atoms. The number of methoxy groups -OCH3 is 1. The summed E-state index contributed by atoms with van der Waals surface area (Å²) in [6.45, 7) is 0.560. The molecule has 12 heteroatoms. The molecule has 7 N–H and O–H groups in total. The summed E-state index contributed by atoms with van der Waals surface area (Å²) in [5, 5.41) is 53.7. The number of aromatic hydroxyl groups is 2. The minimum atomic E-state index is -2.24. The predicted molar refractivity (Wildman–Crippen MR) is 132 cm³/mol. The van der Waals surface area contributed by atoms with Gasteiger partial charge in [0.15, 0.2) is 17.9 Å². The van der Waals surface area contributed by atoms with Crippen molar-refractivity contribution in [3.05, 3.63) is 51.6 Å². The molecule has 2 aromatic carbocycles. The number of fused-ring (bicyclic) bond motifs is 3.